The van der Waals surface area contributed by atoms with Gasteiger partial charge in [0.15, 0.2) is 0 Å². The van der Waals surface area contributed by atoms with Crippen molar-refractivity contribution in [2.75, 3.05) is 0 Å². The average Bonchev–Trinajstić information content (AvgIpc) is 2.63. The van der Waals surface area contributed by atoms with E-state index in [9.17, 15) is 9.50 Å². The maximum Gasteiger partial charge on any atom is 0.141 e. The van der Waals surface area contributed by atoms with Crippen LogP contribution in [0.2, 0.25) is 0 Å². The Morgan fingerprint density at radius 3 is 2.87 bits per heavy atom. The van der Waals surface area contributed by atoms with Gasteiger partial charge in [0, 0.05) is 11.8 Å². The van der Waals surface area contributed by atoms with Crippen LogP contribution in [-0.2, 0) is 0 Å². The minimum Gasteiger partial charge on any atom is -0.383 e. The normalized spacial score (nSPS) is 12.7. The van der Waals surface area contributed by atoms with Crippen LogP contribution in [0.1, 0.15) is 22.2 Å². The van der Waals surface area contributed by atoms with Crippen LogP contribution < -0.4 is 0 Å². The summed E-state index contributed by atoms with van der Waals surface area (Å²) in [5.41, 5.74) is 1.06. The summed E-state index contributed by atoms with van der Waals surface area (Å²) in [5.74, 6) is -0.471. The van der Waals surface area contributed by atoms with Crippen molar-refractivity contribution in [1.29, 1.82) is 0 Å². The highest BCUT2D eigenvalue weighted by Gasteiger charge is 2.17. The van der Waals surface area contributed by atoms with Gasteiger partial charge in [0.05, 0.1) is 16.8 Å². The molecule has 0 aliphatic heterocycles. The third-order valence-corrected chi connectivity index (χ3v) is 2.86. The Kier molecular flexibility index (Phi) is 2.70. The molecule has 0 saturated carbocycles. The van der Waals surface area contributed by atoms with Gasteiger partial charge in [0.25, 0.3) is 0 Å². The third-order valence-electron chi connectivity index (χ3n) is 1.98. The highest BCUT2D eigenvalue weighted by molar-refractivity contribution is 7.05. The summed E-state index contributed by atoms with van der Waals surface area (Å²) in [6, 6.07) is 1.25. The second kappa shape index (κ2) is 4.00. The third kappa shape index (κ3) is 2.00. The molecule has 0 aliphatic rings. The predicted molar refractivity (Wildman–Crippen MR) is 52.9 cm³/mol. The number of aliphatic hydroxyl groups excluding tert-OH is 1. The fourth-order valence-electron chi connectivity index (χ4n) is 1.22. The number of rotatable bonds is 2. The van der Waals surface area contributed by atoms with Crippen molar-refractivity contribution in [3.8, 4) is 0 Å². The lowest BCUT2D eigenvalue weighted by molar-refractivity contribution is 0.222. The fraction of sp³-hybridized carbons (Fsp3) is 0.222. The summed E-state index contributed by atoms with van der Waals surface area (Å²) in [4.78, 5) is 4.29. The quantitative estimate of drug-likeness (QED) is 0.840. The minimum absolute atomic E-state index is 0.407. The second-order valence-corrected chi connectivity index (χ2v) is 3.85. The minimum atomic E-state index is -0.909. The maximum atomic E-state index is 12.9. The highest BCUT2D eigenvalue weighted by atomic mass is 32.1. The molecule has 0 amide bonds. The topological polar surface area (TPSA) is 58.9 Å². The Morgan fingerprint density at radius 1 is 1.47 bits per heavy atom. The van der Waals surface area contributed by atoms with Gasteiger partial charge in [0.1, 0.15) is 11.9 Å². The summed E-state index contributed by atoms with van der Waals surface area (Å²) in [7, 11) is 0. The first-order valence-corrected chi connectivity index (χ1v) is 5.03. The van der Waals surface area contributed by atoms with Gasteiger partial charge in [-0.3, -0.25) is 4.98 Å². The van der Waals surface area contributed by atoms with Gasteiger partial charge >= 0.3 is 0 Å². The molecule has 0 aliphatic carbocycles. The standard InChI is InChI=1S/C9H8FN3OS/c1-5-9(15-13-12-5)8(14)6-2-7(10)4-11-3-6/h2-4,8,14H,1H3. The van der Waals surface area contributed by atoms with Crippen LogP contribution in [0.25, 0.3) is 0 Å². The maximum absolute atomic E-state index is 12.9. The number of aryl methyl sites for hydroxylation is 1. The van der Waals surface area contributed by atoms with E-state index in [1.165, 1.54) is 12.3 Å². The van der Waals surface area contributed by atoms with E-state index in [4.69, 9.17) is 0 Å². The fourth-order valence-corrected chi connectivity index (χ4v) is 1.88. The van der Waals surface area contributed by atoms with Crippen molar-refractivity contribution < 1.29 is 9.50 Å². The summed E-state index contributed by atoms with van der Waals surface area (Å²) < 4.78 is 16.6. The Morgan fingerprint density at radius 2 is 2.27 bits per heavy atom. The summed E-state index contributed by atoms with van der Waals surface area (Å²) in [6.07, 6.45) is 1.61. The molecule has 0 bridgehead atoms. The van der Waals surface area contributed by atoms with Crippen LogP contribution in [0.5, 0.6) is 0 Å². The van der Waals surface area contributed by atoms with Gasteiger partial charge < -0.3 is 5.11 Å². The largest absolute Gasteiger partial charge is 0.383 e. The molecule has 4 nitrogen and oxygen atoms in total. The Labute approximate surface area is 89.6 Å². The van der Waals surface area contributed by atoms with E-state index in [1.807, 2.05) is 0 Å². The van der Waals surface area contributed by atoms with Crippen LogP contribution in [0.15, 0.2) is 18.5 Å². The first-order chi connectivity index (χ1) is 7.18. The predicted octanol–water partition coefficient (Wildman–Crippen LogP) is 1.46. The number of hydrogen-bond acceptors (Lipinski definition) is 5. The first kappa shape index (κ1) is 10.1. The monoisotopic (exact) mass is 225 g/mol. The Balaban J connectivity index is 2.36. The SMILES string of the molecule is Cc1nnsc1C(O)c1cncc(F)c1. The van der Waals surface area contributed by atoms with E-state index in [-0.39, 0.29) is 0 Å². The molecular weight excluding hydrogens is 217 g/mol. The van der Waals surface area contributed by atoms with Crippen LogP contribution in [0.3, 0.4) is 0 Å². The smallest absolute Gasteiger partial charge is 0.141 e. The van der Waals surface area contributed by atoms with Gasteiger partial charge in [-0.15, -0.1) is 5.10 Å². The molecule has 2 rings (SSSR count). The molecule has 0 saturated heterocycles. The summed E-state index contributed by atoms with van der Waals surface area (Å²) in [6.45, 7) is 1.74. The lowest BCUT2D eigenvalue weighted by Gasteiger charge is -2.07. The van der Waals surface area contributed by atoms with E-state index in [0.717, 1.165) is 17.7 Å². The molecule has 0 aromatic carbocycles. The molecule has 0 fully saturated rings. The van der Waals surface area contributed by atoms with E-state index in [2.05, 4.69) is 14.6 Å². The van der Waals surface area contributed by atoms with E-state index in [1.54, 1.807) is 6.92 Å². The van der Waals surface area contributed by atoms with Gasteiger partial charge in [-0.05, 0) is 24.5 Å². The average molecular weight is 225 g/mol. The Bertz CT molecular complexity index is 474. The summed E-state index contributed by atoms with van der Waals surface area (Å²) >= 11 is 1.10. The van der Waals surface area contributed by atoms with Crippen molar-refractivity contribution in [3.05, 3.63) is 40.4 Å². The summed E-state index contributed by atoms with van der Waals surface area (Å²) in [5, 5.41) is 13.7. The molecule has 1 atom stereocenters. The molecular formula is C9H8FN3OS. The zero-order valence-corrected chi connectivity index (χ0v) is 8.70. The van der Waals surface area contributed by atoms with Crippen molar-refractivity contribution in [2.45, 2.75) is 13.0 Å². The molecule has 2 aromatic rings. The lowest BCUT2D eigenvalue weighted by Crippen LogP contribution is -2.00. The molecule has 0 spiro atoms. The van der Waals surface area contributed by atoms with E-state index < -0.39 is 11.9 Å². The van der Waals surface area contributed by atoms with Crippen molar-refractivity contribution >= 4 is 11.5 Å². The molecule has 15 heavy (non-hydrogen) atoms. The number of nitrogens with zero attached hydrogens (tertiary/aromatic N) is 3. The molecule has 2 aromatic heterocycles. The van der Waals surface area contributed by atoms with Crippen molar-refractivity contribution in [2.24, 2.45) is 0 Å². The number of pyridine rings is 1. The van der Waals surface area contributed by atoms with E-state index >= 15 is 0 Å². The van der Waals surface area contributed by atoms with Gasteiger partial charge in [-0.1, -0.05) is 4.49 Å². The number of aliphatic hydroxyl groups is 1. The van der Waals surface area contributed by atoms with Gasteiger partial charge in [0.2, 0.25) is 0 Å². The zero-order valence-electron chi connectivity index (χ0n) is 7.88. The van der Waals surface area contributed by atoms with Gasteiger partial charge in [-0.25, -0.2) is 4.39 Å². The van der Waals surface area contributed by atoms with Crippen LogP contribution in [0, 0.1) is 12.7 Å². The molecule has 78 valence electrons. The van der Waals surface area contributed by atoms with Crippen LogP contribution >= 0.6 is 11.5 Å². The molecule has 1 unspecified atom stereocenters. The van der Waals surface area contributed by atoms with Crippen molar-refractivity contribution in [1.82, 2.24) is 14.6 Å². The Hall–Kier alpha value is -1.40. The second-order valence-electron chi connectivity index (χ2n) is 3.06. The van der Waals surface area contributed by atoms with Crippen LogP contribution in [-0.4, -0.2) is 19.7 Å². The first-order valence-electron chi connectivity index (χ1n) is 4.26. The number of aromatic nitrogens is 3. The molecule has 2 heterocycles. The number of hydrogen-bond donors (Lipinski definition) is 1. The lowest BCUT2D eigenvalue weighted by atomic mass is 10.1. The molecule has 0 radical (unpaired) electrons. The van der Waals surface area contributed by atoms with E-state index in [0.29, 0.717) is 16.1 Å². The molecule has 6 heteroatoms. The van der Waals surface area contributed by atoms with Crippen LogP contribution in [0.4, 0.5) is 4.39 Å². The highest BCUT2D eigenvalue weighted by Crippen LogP contribution is 2.25. The zero-order chi connectivity index (χ0) is 10.8. The van der Waals surface area contributed by atoms with Gasteiger partial charge in [-0.2, -0.15) is 0 Å². The van der Waals surface area contributed by atoms with Crippen molar-refractivity contribution in [3.63, 3.8) is 0 Å². The number of halogens is 1. The molecule has 1 N–H and O–H groups in total.